The van der Waals surface area contributed by atoms with Gasteiger partial charge in [0.2, 0.25) is 0 Å². The van der Waals surface area contributed by atoms with Crippen molar-refractivity contribution < 1.29 is 14.3 Å². The zero-order valence-corrected chi connectivity index (χ0v) is 16.4. The summed E-state index contributed by atoms with van der Waals surface area (Å²) in [5.41, 5.74) is 1.85. The molecule has 1 heterocycles. The highest BCUT2D eigenvalue weighted by Crippen LogP contribution is 2.33. The average Bonchev–Trinajstić information content (AvgIpc) is 2.73. The molecule has 0 unspecified atom stereocenters. The van der Waals surface area contributed by atoms with Crippen LogP contribution in [0.1, 0.15) is 45.0 Å². The standard InChI is InChI=1S/C17H18INO3S/c1-9(2)22-17(21)14-10(3)11(4)23-16(14)19-15(20)12-6-5-7-13(18)8-12/h5-9H,1-4H3,(H,19,20). The molecular formula is C17H18INO3S. The van der Waals surface area contributed by atoms with Crippen molar-refractivity contribution in [2.75, 3.05) is 5.32 Å². The number of rotatable bonds is 4. The van der Waals surface area contributed by atoms with E-state index in [0.29, 0.717) is 16.1 Å². The molecule has 0 radical (unpaired) electrons. The molecule has 1 N–H and O–H groups in total. The van der Waals surface area contributed by atoms with E-state index >= 15 is 0 Å². The molecule has 2 rings (SSSR count). The van der Waals surface area contributed by atoms with Crippen LogP contribution in [0, 0.1) is 17.4 Å². The van der Waals surface area contributed by atoms with Gasteiger partial charge in [-0.15, -0.1) is 11.3 Å². The molecule has 1 aromatic heterocycles. The second-order valence-corrected chi connectivity index (χ2v) is 7.88. The summed E-state index contributed by atoms with van der Waals surface area (Å²) in [6.45, 7) is 7.39. The second kappa shape index (κ2) is 7.44. The minimum Gasteiger partial charge on any atom is -0.459 e. The number of hydrogen-bond donors (Lipinski definition) is 1. The summed E-state index contributed by atoms with van der Waals surface area (Å²) in [4.78, 5) is 25.7. The Morgan fingerprint density at radius 1 is 1.26 bits per heavy atom. The molecule has 0 atom stereocenters. The van der Waals surface area contributed by atoms with Crippen LogP contribution in [0.3, 0.4) is 0 Å². The van der Waals surface area contributed by atoms with Crippen LogP contribution in [0.5, 0.6) is 0 Å². The van der Waals surface area contributed by atoms with Gasteiger partial charge >= 0.3 is 5.97 Å². The van der Waals surface area contributed by atoms with Crippen LogP contribution in [0.4, 0.5) is 5.00 Å². The maximum Gasteiger partial charge on any atom is 0.341 e. The van der Waals surface area contributed by atoms with Crippen molar-refractivity contribution in [1.29, 1.82) is 0 Å². The van der Waals surface area contributed by atoms with Crippen molar-refractivity contribution in [2.45, 2.75) is 33.8 Å². The van der Waals surface area contributed by atoms with E-state index in [0.717, 1.165) is 14.0 Å². The van der Waals surface area contributed by atoms with E-state index in [2.05, 4.69) is 27.9 Å². The number of carbonyl (C=O) groups is 2. The fourth-order valence-corrected chi connectivity index (χ4v) is 3.63. The van der Waals surface area contributed by atoms with Crippen LogP contribution in [0.2, 0.25) is 0 Å². The topological polar surface area (TPSA) is 55.4 Å². The van der Waals surface area contributed by atoms with Gasteiger partial charge in [0, 0.05) is 14.0 Å². The molecule has 0 saturated carbocycles. The number of benzene rings is 1. The van der Waals surface area contributed by atoms with Crippen LogP contribution in [-0.2, 0) is 4.74 Å². The lowest BCUT2D eigenvalue weighted by Crippen LogP contribution is -2.17. The Labute approximate surface area is 153 Å². The summed E-state index contributed by atoms with van der Waals surface area (Å²) in [6.07, 6.45) is -0.207. The number of nitrogens with one attached hydrogen (secondary N) is 1. The molecule has 0 saturated heterocycles. The van der Waals surface area contributed by atoms with Crippen molar-refractivity contribution in [3.05, 3.63) is 49.4 Å². The number of ether oxygens (including phenoxy) is 1. The van der Waals surface area contributed by atoms with Crippen molar-refractivity contribution in [3.8, 4) is 0 Å². The van der Waals surface area contributed by atoms with E-state index in [4.69, 9.17) is 4.74 Å². The molecule has 4 nitrogen and oxygen atoms in total. The van der Waals surface area contributed by atoms with Crippen molar-refractivity contribution >= 4 is 50.8 Å². The van der Waals surface area contributed by atoms with Gasteiger partial charge in [0.15, 0.2) is 0 Å². The Morgan fingerprint density at radius 2 is 1.96 bits per heavy atom. The molecule has 1 aromatic carbocycles. The third kappa shape index (κ3) is 4.32. The monoisotopic (exact) mass is 443 g/mol. The minimum atomic E-state index is -0.403. The van der Waals surface area contributed by atoms with Gasteiger partial charge in [-0.2, -0.15) is 0 Å². The maximum absolute atomic E-state index is 12.4. The van der Waals surface area contributed by atoms with Gasteiger partial charge in [0.05, 0.1) is 11.7 Å². The SMILES string of the molecule is Cc1sc(NC(=O)c2cccc(I)c2)c(C(=O)OC(C)C)c1C. The average molecular weight is 443 g/mol. The lowest BCUT2D eigenvalue weighted by atomic mass is 10.1. The molecule has 6 heteroatoms. The maximum atomic E-state index is 12.4. The Balaban J connectivity index is 2.31. The highest BCUT2D eigenvalue weighted by atomic mass is 127. The van der Waals surface area contributed by atoms with Gasteiger partial charge in [-0.1, -0.05) is 6.07 Å². The summed E-state index contributed by atoms with van der Waals surface area (Å²) in [6, 6.07) is 7.30. The molecular weight excluding hydrogens is 425 g/mol. The first-order valence-corrected chi connectivity index (χ1v) is 9.07. The number of anilines is 1. The lowest BCUT2D eigenvalue weighted by molar-refractivity contribution is 0.0379. The Bertz CT molecular complexity index is 752. The molecule has 0 aliphatic rings. The first-order valence-electron chi connectivity index (χ1n) is 7.17. The number of aryl methyl sites for hydroxylation is 1. The normalized spacial score (nSPS) is 10.7. The summed E-state index contributed by atoms with van der Waals surface area (Å²) >= 11 is 3.55. The fourth-order valence-electron chi connectivity index (χ4n) is 2.04. The molecule has 0 aliphatic heterocycles. The van der Waals surface area contributed by atoms with E-state index in [1.54, 1.807) is 26.0 Å². The molecule has 0 fully saturated rings. The van der Waals surface area contributed by atoms with Gasteiger partial charge < -0.3 is 10.1 Å². The largest absolute Gasteiger partial charge is 0.459 e. The summed E-state index contributed by atoms with van der Waals surface area (Å²) in [7, 11) is 0. The number of carbonyl (C=O) groups excluding carboxylic acids is 2. The molecule has 0 aliphatic carbocycles. The van der Waals surface area contributed by atoms with Crippen LogP contribution < -0.4 is 5.32 Å². The first kappa shape index (κ1) is 17.9. The Hall–Kier alpha value is -1.41. The zero-order chi connectivity index (χ0) is 17.1. The third-order valence-corrected chi connectivity index (χ3v) is 5.04. The van der Waals surface area contributed by atoms with E-state index < -0.39 is 5.97 Å². The summed E-state index contributed by atoms with van der Waals surface area (Å²) in [5.74, 6) is -0.636. The number of esters is 1. The van der Waals surface area contributed by atoms with Crippen LogP contribution in [-0.4, -0.2) is 18.0 Å². The van der Waals surface area contributed by atoms with Crippen molar-refractivity contribution in [1.82, 2.24) is 0 Å². The van der Waals surface area contributed by atoms with E-state index in [1.807, 2.05) is 26.0 Å². The number of halogens is 1. The molecule has 122 valence electrons. The lowest BCUT2D eigenvalue weighted by Gasteiger charge is -2.10. The van der Waals surface area contributed by atoms with Crippen molar-refractivity contribution in [2.24, 2.45) is 0 Å². The van der Waals surface area contributed by atoms with Crippen LogP contribution >= 0.6 is 33.9 Å². The fraction of sp³-hybridized carbons (Fsp3) is 0.294. The van der Waals surface area contributed by atoms with Crippen LogP contribution in [0.25, 0.3) is 0 Å². The van der Waals surface area contributed by atoms with Crippen LogP contribution in [0.15, 0.2) is 24.3 Å². The first-order chi connectivity index (χ1) is 10.8. The predicted molar refractivity (Wildman–Crippen MR) is 101 cm³/mol. The molecule has 23 heavy (non-hydrogen) atoms. The van der Waals surface area contributed by atoms with Gasteiger partial charge in [0.25, 0.3) is 5.91 Å². The smallest absolute Gasteiger partial charge is 0.341 e. The second-order valence-electron chi connectivity index (χ2n) is 5.41. The minimum absolute atomic E-state index is 0.207. The van der Waals surface area contributed by atoms with Crippen molar-refractivity contribution in [3.63, 3.8) is 0 Å². The molecule has 0 bridgehead atoms. The van der Waals surface area contributed by atoms with E-state index in [9.17, 15) is 9.59 Å². The highest BCUT2D eigenvalue weighted by molar-refractivity contribution is 14.1. The summed E-state index contributed by atoms with van der Waals surface area (Å²) < 4.78 is 6.27. The van der Waals surface area contributed by atoms with E-state index in [-0.39, 0.29) is 12.0 Å². The molecule has 1 amide bonds. The molecule has 2 aromatic rings. The Kier molecular flexibility index (Phi) is 5.80. The predicted octanol–water partition coefficient (Wildman–Crippen LogP) is 4.79. The third-order valence-electron chi connectivity index (χ3n) is 3.25. The van der Waals surface area contributed by atoms with Gasteiger partial charge in [-0.05, 0) is 74.0 Å². The number of thiophene rings is 1. The van der Waals surface area contributed by atoms with E-state index in [1.165, 1.54) is 11.3 Å². The van der Waals surface area contributed by atoms with Gasteiger partial charge in [-0.3, -0.25) is 4.79 Å². The zero-order valence-electron chi connectivity index (χ0n) is 13.4. The number of amides is 1. The quantitative estimate of drug-likeness (QED) is 0.547. The highest BCUT2D eigenvalue weighted by Gasteiger charge is 2.23. The van der Waals surface area contributed by atoms with Gasteiger partial charge in [0.1, 0.15) is 5.00 Å². The molecule has 0 spiro atoms. The summed E-state index contributed by atoms with van der Waals surface area (Å²) in [5, 5.41) is 3.38. The Morgan fingerprint density at radius 3 is 2.57 bits per heavy atom. The number of hydrogen-bond acceptors (Lipinski definition) is 4. The van der Waals surface area contributed by atoms with Gasteiger partial charge in [-0.25, -0.2) is 4.79 Å².